The van der Waals surface area contributed by atoms with E-state index in [1.165, 1.54) is 32.1 Å². The molecule has 15 heavy (non-hydrogen) atoms. The van der Waals surface area contributed by atoms with Crippen molar-refractivity contribution < 1.29 is 0 Å². The van der Waals surface area contributed by atoms with Crippen LogP contribution in [0.3, 0.4) is 0 Å². The van der Waals surface area contributed by atoms with Gasteiger partial charge in [0.2, 0.25) is 0 Å². The summed E-state index contributed by atoms with van der Waals surface area (Å²) in [6.45, 7) is 0. The zero-order chi connectivity index (χ0) is 10.7. The maximum atomic E-state index is 5.97. The van der Waals surface area contributed by atoms with Crippen molar-refractivity contribution in [2.45, 2.75) is 38.1 Å². The Balaban J connectivity index is 2.06. The van der Waals surface area contributed by atoms with Crippen LogP contribution in [0.2, 0.25) is 5.02 Å². The van der Waals surface area contributed by atoms with E-state index in [2.05, 4.69) is 5.32 Å². The maximum Gasteiger partial charge on any atom is 0.0739 e. The Morgan fingerprint density at radius 1 is 1.20 bits per heavy atom. The Hall–Kier alpha value is -0.890. The van der Waals surface area contributed by atoms with Gasteiger partial charge in [-0.25, -0.2) is 0 Å². The molecule has 1 fully saturated rings. The van der Waals surface area contributed by atoms with Gasteiger partial charge in [0.15, 0.2) is 0 Å². The number of hydrogen-bond acceptors (Lipinski definition) is 2. The Morgan fingerprint density at radius 2 is 1.93 bits per heavy atom. The van der Waals surface area contributed by atoms with Gasteiger partial charge in [0.05, 0.1) is 16.4 Å². The summed E-state index contributed by atoms with van der Waals surface area (Å²) >= 11 is 5.97. The molecule has 0 atom stereocenters. The second-order valence-corrected chi connectivity index (χ2v) is 4.59. The van der Waals surface area contributed by atoms with E-state index >= 15 is 0 Å². The first-order chi connectivity index (χ1) is 7.27. The fraction of sp³-hybridized carbons (Fsp3) is 0.500. The minimum absolute atomic E-state index is 0.569. The van der Waals surface area contributed by atoms with Crippen molar-refractivity contribution in [3.05, 3.63) is 23.2 Å². The molecular weight excluding hydrogens is 208 g/mol. The summed E-state index contributed by atoms with van der Waals surface area (Å²) in [5.41, 5.74) is 7.56. The minimum atomic E-state index is 0.569. The SMILES string of the molecule is Nc1c(Cl)cccc1NC1CCCCC1. The van der Waals surface area contributed by atoms with Gasteiger partial charge >= 0.3 is 0 Å². The summed E-state index contributed by atoms with van der Waals surface area (Å²) in [5, 5.41) is 4.12. The van der Waals surface area contributed by atoms with Crippen LogP contribution < -0.4 is 11.1 Å². The van der Waals surface area contributed by atoms with E-state index in [9.17, 15) is 0 Å². The second kappa shape index (κ2) is 4.75. The first kappa shape index (κ1) is 10.6. The Labute approximate surface area is 95.8 Å². The smallest absolute Gasteiger partial charge is 0.0739 e. The molecule has 3 N–H and O–H groups in total. The predicted octanol–water partition coefficient (Wildman–Crippen LogP) is 3.67. The van der Waals surface area contributed by atoms with Crippen LogP contribution in [0.5, 0.6) is 0 Å². The van der Waals surface area contributed by atoms with Gasteiger partial charge in [-0.15, -0.1) is 0 Å². The van der Waals surface area contributed by atoms with E-state index in [1.54, 1.807) is 0 Å². The minimum Gasteiger partial charge on any atom is -0.396 e. The van der Waals surface area contributed by atoms with Crippen molar-refractivity contribution in [2.24, 2.45) is 0 Å². The summed E-state index contributed by atoms with van der Waals surface area (Å²) in [6.07, 6.45) is 6.48. The molecule has 82 valence electrons. The van der Waals surface area contributed by atoms with E-state index in [0.717, 1.165) is 5.69 Å². The first-order valence-electron chi connectivity index (χ1n) is 5.58. The largest absolute Gasteiger partial charge is 0.396 e. The summed E-state index contributed by atoms with van der Waals surface area (Å²) < 4.78 is 0. The number of nitrogen functional groups attached to an aromatic ring is 1. The lowest BCUT2D eigenvalue weighted by Crippen LogP contribution is -2.22. The van der Waals surface area contributed by atoms with Crippen molar-refractivity contribution in [2.75, 3.05) is 11.1 Å². The molecule has 3 heteroatoms. The lowest BCUT2D eigenvalue weighted by atomic mass is 9.95. The molecule has 1 aliphatic rings. The number of para-hydroxylation sites is 1. The Morgan fingerprint density at radius 3 is 2.67 bits per heavy atom. The molecule has 0 radical (unpaired) electrons. The summed E-state index contributed by atoms with van der Waals surface area (Å²) in [7, 11) is 0. The van der Waals surface area contributed by atoms with Gasteiger partial charge in [-0.05, 0) is 25.0 Å². The average molecular weight is 225 g/mol. The molecule has 0 heterocycles. The van der Waals surface area contributed by atoms with E-state index in [4.69, 9.17) is 17.3 Å². The van der Waals surface area contributed by atoms with Crippen molar-refractivity contribution in [1.82, 2.24) is 0 Å². The Bertz CT molecular complexity index is 332. The monoisotopic (exact) mass is 224 g/mol. The first-order valence-corrected chi connectivity index (χ1v) is 5.95. The van der Waals surface area contributed by atoms with E-state index in [1.807, 2.05) is 18.2 Å². The lowest BCUT2D eigenvalue weighted by Gasteiger charge is -2.24. The highest BCUT2D eigenvalue weighted by Crippen LogP contribution is 2.29. The molecule has 0 saturated heterocycles. The predicted molar refractivity (Wildman–Crippen MR) is 66.4 cm³/mol. The average Bonchev–Trinajstić information content (AvgIpc) is 2.26. The molecule has 0 amide bonds. The number of hydrogen-bond donors (Lipinski definition) is 2. The van der Waals surface area contributed by atoms with Crippen molar-refractivity contribution in [1.29, 1.82) is 0 Å². The van der Waals surface area contributed by atoms with Crippen molar-refractivity contribution in [3.63, 3.8) is 0 Å². The highest BCUT2D eigenvalue weighted by molar-refractivity contribution is 6.33. The molecule has 1 aromatic rings. The van der Waals surface area contributed by atoms with E-state index < -0.39 is 0 Å². The summed E-state index contributed by atoms with van der Waals surface area (Å²) in [6, 6.07) is 6.32. The molecule has 0 spiro atoms. The van der Waals surface area contributed by atoms with Crippen molar-refractivity contribution >= 4 is 23.0 Å². The summed E-state index contributed by atoms with van der Waals surface area (Å²) in [4.78, 5) is 0. The zero-order valence-electron chi connectivity index (χ0n) is 8.80. The van der Waals surface area contributed by atoms with Gasteiger partial charge in [0.1, 0.15) is 0 Å². The topological polar surface area (TPSA) is 38.0 Å². The third kappa shape index (κ3) is 2.57. The van der Waals surface area contributed by atoms with Crippen LogP contribution in [0.15, 0.2) is 18.2 Å². The fourth-order valence-electron chi connectivity index (χ4n) is 2.13. The van der Waals surface area contributed by atoms with Gasteiger partial charge in [-0.3, -0.25) is 0 Å². The van der Waals surface area contributed by atoms with Crippen LogP contribution in [-0.4, -0.2) is 6.04 Å². The molecule has 1 aromatic carbocycles. The molecule has 0 aromatic heterocycles. The number of benzene rings is 1. The van der Waals surface area contributed by atoms with Crippen LogP contribution in [0.25, 0.3) is 0 Å². The summed E-state index contributed by atoms with van der Waals surface area (Å²) in [5.74, 6) is 0. The number of nitrogens with one attached hydrogen (secondary N) is 1. The number of halogens is 1. The van der Waals surface area contributed by atoms with Crippen LogP contribution >= 0.6 is 11.6 Å². The molecule has 1 aliphatic carbocycles. The standard InChI is InChI=1S/C12H17ClN2/c13-10-7-4-8-11(12(10)14)15-9-5-2-1-3-6-9/h4,7-9,15H,1-3,5-6,14H2. The second-order valence-electron chi connectivity index (χ2n) is 4.18. The number of rotatable bonds is 2. The van der Waals surface area contributed by atoms with Crippen LogP contribution in [0, 0.1) is 0 Å². The van der Waals surface area contributed by atoms with Crippen LogP contribution in [0.1, 0.15) is 32.1 Å². The molecule has 0 bridgehead atoms. The zero-order valence-corrected chi connectivity index (χ0v) is 9.56. The molecular formula is C12H17ClN2. The van der Waals surface area contributed by atoms with Gasteiger partial charge in [-0.1, -0.05) is 36.9 Å². The van der Waals surface area contributed by atoms with Gasteiger partial charge in [0, 0.05) is 6.04 Å². The van der Waals surface area contributed by atoms with Gasteiger partial charge < -0.3 is 11.1 Å². The lowest BCUT2D eigenvalue weighted by molar-refractivity contribution is 0.463. The molecule has 2 rings (SSSR count). The van der Waals surface area contributed by atoms with Crippen molar-refractivity contribution in [3.8, 4) is 0 Å². The van der Waals surface area contributed by atoms with E-state index in [0.29, 0.717) is 16.8 Å². The maximum absolute atomic E-state index is 5.97. The molecule has 1 saturated carbocycles. The van der Waals surface area contributed by atoms with E-state index in [-0.39, 0.29) is 0 Å². The van der Waals surface area contributed by atoms with Gasteiger partial charge in [-0.2, -0.15) is 0 Å². The van der Waals surface area contributed by atoms with Gasteiger partial charge in [0.25, 0.3) is 0 Å². The van der Waals surface area contributed by atoms with Crippen LogP contribution in [0.4, 0.5) is 11.4 Å². The fourth-order valence-corrected chi connectivity index (χ4v) is 2.30. The highest BCUT2D eigenvalue weighted by Gasteiger charge is 2.14. The quantitative estimate of drug-likeness (QED) is 0.753. The third-order valence-electron chi connectivity index (χ3n) is 3.02. The normalized spacial score (nSPS) is 17.7. The Kier molecular flexibility index (Phi) is 3.37. The molecule has 2 nitrogen and oxygen atoms in total. The molecule has 0 aliphatic heterocycles. The number of nitrogens with two attached hydrogens (primary N) is 1. The van der Waals surface area contributed by atoms with Crippen LogP contribution in [-0.2, 0) is 0 Å². The number of anilines is 2. The highest BCUT2D eigenvalue weighted by atomic mass is 35.5. The molecule has 0 unspecified atom stereocenters. The third-order valence-corrected chi connectivity index (χ3v) is 3.35.